The van der Waals surface area contributed by atoms with Crippen molar-refractivity contribution in [2.24, 2.45) is 10.9 Å². The summed E-state index contributed by atoms with van der Waals surface area (Å²) in [7, 11) is 0. The molecule has 0 amide bonds. The van der Waals surface area contributed by atoms with Gasteiger partial charge >= 0.3 is 11.9 Å². The maximum absolute atomic E-state index is 11.8. The van der Waals surface area contributed by atoms with Crippen LogP contribution in [-0.4, -0.2) is 31.4 Å². The second-order valence-corrected chi connectivity index (χ2v) is 4.64. The summed E-state index contributed by atoms with van der Waals surface area (Å²) in [4.78, 5) is 27.6. The Kier molecular flexibility index (Phi) is 7.19. The van der Waals surface area contributed by atoms with Crippen LogP contribution in [-0.2, 0) is 19.1 Å². The number of hydrogen-bond donors (Lipinski definition) is 0. The highest BCUT2D eigenvalue weighted by Gasteiger charge is 2.27. The van der Waals surface area contributed by atoms with Crippen LogP contribution < -0.4 is 0 Å². The van der Waals surface area contributed by atoms with E-state index in [0.29, 0.717) is 10.0 Å². The molecule has 1 rings (SSSR count). The number of carbonyl (C=O) groups excluding carboxylic acids is 2. The monoisotopic (exact) mass is 331 g/mol. The average Bonchev–Trinajstić information content (AvgIpc) is 2.42. The number of ether oxygens (including phenoxy) is 2. The van der Waals surface area contributed by atoms with Crippen LogP contribution in [0.4, 0.5) is 5.69 Å². The van der Waals surface area contributed by atoms with Gasteiger partial charge in [0, 0.05) is 6.21 Å². The van der Waals surface area contributed by atoms with Crippen molar-refractivity contribution in [1.82, 2.24) is 0 Å². The quantitative estimate of drug-likeness (QED) is 0.455. The lowest BCUT2D eigenvalue weighted by Crippen LogP contribution is -2.29. The first-order valence-electron chi connectivity index (χ1n) is 6.32. The van der Waals surface area contributed by atoms with Gasteiger partial charge in [-0.2, -0.15) is 0 Å². The number of esters is 2. The van der Waals surface area contributed by atoms with Crippen LogP contribution in [0.5, 0.6) is 0 Å². The highest BCUT2D eigenvalue weighted by Crippen LogP contribution is 2.32. The van der Waals surface area contributed by atoms with Crippen LogP contribution in [0.3, 0.4) is 0 Å². The van der Waals surface area contributed by atoms with Crippen molar-refractivity contribution in [2.75, 3.05) is 13.2 Å². The number of nitrogens with zero attached hydrogens (tertiary/aromatic N) is 1. The molecule has 0 bridgehead atoms. The van der Waals surface area contributed by atoms with E-state index in [-0.39, 0.29) is 18.9 Å². The molecule has 0 unspecified atom stereocenters. The Morgan fingerprint density at radius 1 is 1.14 bits per heavy atom. The molecule has 0 aliphatic carbocycles. The molecule has 0 saturated carbocycles. The molecular weight excluding hydrogens is 317 g/mol. The van der Waals surface area contributed by atoms with Crippen molar-refractivity contribution in [3.05, 3.63) is 28.2 Å². The van der Waals surface area contributed by atoms with E-state index in [0.717, 1.165) is 6.21 Å². The maximum Gasteiger partial charge on any atom is 0.325 e. The number of aliphatic imine (C=N–C) groups is 1. The molecule has 114 valence electrons. The molecule has 1 aromatic carbocycles. The normalized spacial score (nSPS) is 10.9. The second-order valence-electron chi connectivity index (χ2n) is 3.83. The zero-order valence-electron chi connectivity index (χ0n) is 11.6. The molecule has 0 spiro atoms. The topological polar surface area (TPSA) is 65.0 Å². The highest BCUT2D eigenvalue weighted by molar-refractivity contribution is 6.38. The second kappa shape index (κ2) is 8.64. The SMILES string of the molecule is CCOC(=O)C(C=Nc1c(Cl)cccc1Cl)C(=O)OCC. The molecular formula is C14H15Cl2NO4. The van der Waals surface area contributed by atoms with Crippen LogP contribution in [0.2, 0.25) is 10.0 Å². The lowest BCUT2D eigenvalue weighted by molar-refractivity contribution is -0.157. The molecule has 0 saturated heterocycles. The minimum absolute atomic E-state index is 0.148. The summed E-state index contributed by atoms with van der Waals surface area (Å²) in [6, 6.07) is 4.87. The molecule has 0 fully saturated rings. The lowest BCUT2D eigenvalue weighted by Gasteiger charge is -2.10. The van der Waals surface area contributed by atoms with Gasteiger partial charge < -0.3 is 9.47 Å². The van der Waals surface area contributed by atoms with E-state index in [9.17, 15) is 9.59 Å². The molecule has 0 heterocycles. The van der Waals surface area contributed by atoms with E-state index in [4.69, 9.17) is 32.7 Å². The molecule has 0 aliphatic rings. The number of carbonyl (C=O) groups is 2. The van der Waals surface area contributed by atoms with Crippen LogP contribution in [0.15, 0.2) is 23.2 Å². The van der Waals surface area contributed by atoms with Crippen molar-refractivity contribution < 1.29 is 19.1 Å². The first-order chi connectivity index (χ1) is 10.0. The Bertz CT molecular complexity index is 508. The van der Waals surface area contributed by atoms with Crippen LogP contribution in [0.1, 0.15) is 13.8 Å². The van der Waals surface area contributed by atoms with Crippen molar-refractivity contribution in [2.45, 2.75) is 13.8 Å². The van der Waals surface area contributed by atoms with E-state index in [1.54, 1.807) is 32.0 Å². The van der Waals surface area contributed by atoms with Crippen LogP contribution in [0, 0.1) is 5.92 Å². The lowest BCUT2D eigenvalue weighted by atomic mass is 10.1. The predicted molar refractivity (Wildman–Crippen MR) is 81.4 cm³/mol. The minimum Gasteiger partial charge on any atom is -0.465 e. The van der Waals surface area contributed by atoms with E-state index in [2.05, 4.69) is 4.99 Å². The number of hydrogen-bond acceptors (Lipinski definition) is 5. The Morgan fingerprint density at radius 2 is 1.62 bits per heavy atom. The van der Waals surface area contributed by atoms with E-state index >= 15 is 0 Å². The molecule has 0 radical (unpaired) electrons. The smallest absolute Gasteiger partial charge is 0.325 e. The third-order valence-electron chi connectivity index (χ3n) is 2.37. The van der Waals surface area contributed by atoms with Crippen molar-refractivity contribution >= 4 is 47.0 Å². The molecule has 0 atom stereocenters. The van der Waals surface area contributed by atoms with E-state index in [1.165, 1.54) is 0 Å². The third-order valence-corrected chi connectivity index (χ3v) is 2.98. The fourth-order valence-corrected chi connectivity index (χ4v) is 1.94. The van der Waals surface area contributed by atoms with Crippen molar-refractivity contribution in [1.29, 1.82) is 0 Å². The number of para-hydroxylation sites is 1. The molecule has 7 heteroatoms. The van der Waals surface area contributed by atoms with E-state index in [1.807, 2.05) is 0 Å². The van der Waals surface area contributed by atoms with Gasteiger partial charge in [-0.15, -0.1) is 0 Å². The Morgan fingerprint density at radius 3 is 2.05 bits per heavy atom. The predicted octanol–water partition coefficient (Wildman–Crippen LogP) is 3.44. The third kappa shape index (κ3) is 5.02. The number of benzene rings is 1. The first kappa shape index (κ1) is 17.5. The zero-order chi connectivity index (χ0) is 15.8. The van der Waals surface area contributed by atoms with Gasteiger partial charge in [0.25, 0.3) is 0 Å². The fraction of sp³-hybridized carbons (Fsp3) is 0.357. The van der Waals surface area contributed by atoms with Gasteiger partial charge in [-0.25, -0.2) is 0 Å². The molecule has 0 N–H and O–H groups in total. The Balaban J connectivity index is 3.02. The zero-order valence-corrected chi connectivity index (χ0v) is 13.1. The van der Waals surface area contributed by atoms with Crippen LogP contribution in [0.25, 0.3) is 0 Å². The van der Waals surface area contributed by atoms with Crippen LogP contribution >= 0.6 is 23.2 Å². The Hall–Kier alpha value is -1.59. The standard InChI is InChI=1S/C14H15Cl2NO4/c1-3-20-13(18)9(14(19)21-4-2)8-17-12-10(15)6-5-7-11(12)16/h5-9H,3-4H2,1-2H3. The van der Waals surface area contributed by atoms with Gasteiger partial charge in [0.1, 0.15) is 0 Å². The van der Waals surface area contributed by atoms with E-state index < -0.39 is 17.9 Å². The van der Waals surface area contributed by atoms with Gasteiger partial charge in [-0.3, -0.25) is 14.6 Å². The molecule has 21 heavy (non-hydrogen) atoms. The average molecular weight is 332 g/mol. The van der Waals surface area contributed by atoms with Crippen molar-refractivity contribution in [3.8, 4) is 0 Å². The summed E-state index contributed by atoms with van der Waals surface area (Å²) in [5.41, 5.74) is 0.277. The minimum atomic E-state index is -1.25. The molecule has 0 aliphatic heterocycles. The van der Waals surface area contributed by atoms with Gasteiger partial charge in [-0.1, -0.05) is 29.3 Å². The highest BCUT2D eigenvalue weighted by atomic mass is 35.5. The summed E-state index contributed by atoms with van der Waals surface area (Å²) in [6.07, 6.45) is 1.13. The summed E-state index contributed by atoms with van der Waals surface area (Å²) in [5, 5.41) is 0.621. The summed E-state index contributed by atoms with van der Waals surface area (Å²) >= 11 is 11.9. The number of rotatable bonds is 6. The Labute approximate surface area is 132 Å². The molecule has 1 aromatic rings. The first-order valence-corrected chi connectivity index (χ1v) is 7.08. The van der Waals surface area contributed by atoms with Gasteiger partial charge in [0.15, 0.2) is 5.92 Å². The largest absolute Gasteiger partial charge is 0.465 e. The van der Waals surface area contributed by atoms with Gasteiger partial charge in [0.2, 0.25) is 0 Å². The fourth-order valence-electron chi connectivity index (χ4n) is 1.44. The van der Waals surface area contributed by atoms with Gasteiger partial charge in [-0.05, 0) is 26.0 Å². The number of halogens is 2. The molecule has 5 nitrogen and oxygen atoms in total. The summed E-state index contributed by atoms with van der Waals surface area (Å²) in [5.74, 6) is -2.72. The molecule has 0 aromatic heterocycles. The summed E-state index contributed by atoms with van der Waals surface area (Å²) in [6.45, 7) is 3.58. The summed E-state index contributed by atoms with van der Waals surface area (Å²) < 4.78 is 9.65. The van der Waals surface area contributed by atoms with Gasteiger partial charge in [0.05, 0.1) is 28.9 Å². The maximum atomic E-state index is 11.8. The van der Waals surface area contributed by atoms with Crippen molar-refractivity contribution in [3.63, 3.8) is 0 Å².